The Morgan fingerprint density at radius 1 is 0.978 bits per heavy atom. The van der Waals surface area contributed by atoms with E-state index in [0.717, 1.165) is 24.0 Å². The van der Waals surface area contributed by atoms with Crippen molar-refractivity contribution in [1.82, 2.24) is 15.1 Å². The van der Waals surface area contributed by atoms with Gasteiger partial charge >= 0.3 is 0 Å². The highest BCUT2D eigenvalue weighted by Crippen LogP contribution is 2.38. The van der Waals surface area contributed by atoms with Crippen molar-refractivity contribution in [1.29, 1.82) is 0 Å². The van der Waals surface area contributed by atoms with Gasteiger partial charge in [0.05, 0.1) is 18.2 Å². The lowest BCUT2D eigenvalue weighted by Crippen LogP contribution is -2.61. The van der Waals surface area contributed by atoms with Gasteiger partial charge in [0.1, 0.15) is 42.1 Å². The highest BCUT2D eigenvalue weighted by Gasteiger charge is 2.43. The molecular weight excluding hydrogens is 616 g/mol. The molecule has 2 aliphatic heterocycles. The first kappa shape index (κ1) is 31.8. The van der Waals surface area contributed by atoms with Gasteiger partial charge in [-0.25, -0.2) is 8.78 Å². The third-order valence-electron chi connectivity index (χ3n) is 8.63. The molecule has 6 rings (SSSR count). The van der Waals surface area contributed by atoms with Crippen molar-refractivity contribution in [2.45, 2.75) is 50.9 Å². The second-order valence-corrected chi connectivity index (χ2v) is 12.3. The van der Waals surface area contributed by atoms with Crippen LogP contribution in [0, 0.1) is 11.6 Å². The molecule has 1 saturated carbocycles. The standard InChI is InChI=1S/C35H36ClF2N3O5/c1-21(42)40-19-25-17-29(22-3-8-27(9-4-22)45-13-14-46-33-16-24(37)5-11-30(33)36)34(32(20-40)39-25)35(43)41(26-6-7-26)18-23-15-28(44-2)10-12-31(23)38/h3-5,8-12,15-16,25-26,32,39H,6-7,13-14,17-20H2,1-2H3. The lowest BCUT2D eigenvalue weighted by atomic mass is 9.82. The first-order valence-corrected chi connectivity index (χ1v) is 15.8. The van der Waals surface area contributed by atoms with Crippen molar-refractivity contribution in [3.8, 4) is 17.2 Å². The largest absolute Gasteiger partial charge is 0.497 e. The summed E-state index contributed by atoms with van der Waals surface area (Å²) in [6.45, 7) is 2.97. The number of carbonyl (C=O) groups is 2. The van der Waals surface area contributed by atoms with E-state index in [1.54, 1.807) is 28.9 Å². The Bertz CT molecular complexity index is 1650. The lowest BCUT2D eigenvalue weighted by Gasteiger charge is -2.44. The zero-order chi connectivity index (χ0) is 32.4. The summed E-state index contributed by atoms with van der Waals surface area (Å²) in [5.74, 6) is 0.360. The topological polar surface area (TPSA) is 80.3 Å². The Kier molecular flexibility index (Phi) is 9.47. The highest BCUT2D eigenvalue weighted by atomic mass is 35.5. The van der Waals surface area contributed by atoms with Crippen LogP contribution < -0.4 is 19.5 Å². The van der Waals surface area contributed by atoms with E-state index in [0.29, 0.717) is 47.2 Å². The number of nitrogens with zero attached hydrogens (tertiary/aromatic N) is 2. The summed E-state index contributed by atoms with van der Waals surface area (Å²) < 4.78 is 45.1. The number of carbonyl (C=O) groups excluding carboxylic acids is 2. The number of amides is 2. The maximum atomic E-state index is 14.9. The van der Waals surface area contributed by atoms with Gasteiger partial charge in [-0.2, -0.15) is 0 Å². The van der Waals surface area contributed by atoms with Crippen molar-refractivity contribution in [2.75, 3.05) is 33.4 Å². The molecule has 1 saturated heterocycles. The first-order valence-electron chi connectivity index (χ1n) is 15.4. The van der Waals surface area contributed by atoms with Gasteiger partial charge in [-0.15, -0.1) is 0 Å². The number of ether oxygens (including phenoxy) is 3. The number of benzene rings is 3. The van der Waals surface area contributed by atoms with Crippen LogP contribution in [0.5, 0.6) is 17.2 Å². The fourth-order valence-corrected chi connectivity index (χ4v) is 6.34. The fraction of sp³-hybridized carbons (Fsp3) is 0.371. The summed E-state index contributed by atoms with van der Waals surface area (Å²) in [5, 5.41) is 3.89. The van der Waals surface area contributed by atoms with Crippen molar-refractivity contribution >= 4 is 29.0 Å². The predicted molar refractivity (Wildman–Crippen MR) is 170 cm³/mol. The van der Waals surface area contributed by atoms with E-state index in [1.165, 1.54) is 31.4 Å². The predicted octanol–water partition coefficient (Wildman–Crippen LogP) is 5.62. The second-order valence-electron chi connectivity index (χ2n) is 11.9. The summed E-state index contributed by atoms with van der Waals surface area (Å²) in [4.78, 5) is 30.5. The molecule has 2 amide bonds. The number of hydrogen-bond donors (Lipinski definition) is 1. The van der Waals surface area contributed by atoms with E-state index < -0.39 is 11.6 Å². The summed E-state index contributed by atoms with van der Waals surface area (Å²) in [5.41, 5.74) is 2.79. The third-order valence-corrected chi connectivity index (χ3v) is 8.94. The van der Waals surface area contributed by atoms with Gasteiger partial charge in [-0.05, 0) is 72.9 Å². The smallest absolute Gasteiger partial charge is 0.252 e. The van der Waals surface area contributed by atoms with Gasteiger partial charge in [0.25, 0.3) is 5.91 Å². The zero-order valence-electron chi connectivity index (χ0n) is 25.7. The van der Waals surface area contributed by atoms with Crippen LogP contribution in [0.15, 0.2) is 66.2 Å². The SMILES string of the molecule is COc1ccc(F)c(CN(C(=O)C2=C(c3ccc(OCCOc4cc(F)ccc4Cl)cc3)CC3CN(C(C)=O)CC2N3)C2CC2)c1. The van der Waals surface area contributed by atoms with Gasteiger partial charge in [0.15, 0.2) is 0 Å². The molecule has 2 heterocycles. The van der Waals surface area contributed by atoms with E-state index in [2.05, 4.69) is 5.32 Å². The van der Waals surface area contributed by atoms with E-state index in [-0.39, 0.29) is 55.4 Å². The molecule has 2 bridgehead atoms. The van der Waals surface area contributed by atoms with E-state index in [9.17, 15) is 18.4 Å². The van der Waals surface area contributed by atoms with Crippen LogP contribution in [-0.4, -0.2) is 73.2 Å². The molecule has 1 aliphatic carbocycles. The fourth-order valence-electron chi connectivity index (χ4n) is 6.17. The van der Waals surface area contributed by atoms with Crippen LogP contribution in [0.25, 0.3) is 5.57 Å². The first-order chi connectivity index (χ1) is 22.2. The molecule has 8 nitrogen and oxygen atoms in total. The summed E-state index contributed by atoms with van der Waals surface area (Å²) >= 11 is 6.07. The summed E-state index contributed by atoms with van der Waals surface area (Å²) in [6.07, 6.45) is 2.25. The minimum Gasteiger partial charge on any atom is -0.497 e. The Labute approximate surface area is 271 Å². The number of fused-ring (bicyclic) bond motifs is 2. The Hall–Kier alpha value is -4.15. The second kappa shape index (κ2) is 13.7. The average molecular weight is 652 g/mol. The van der Waals surface area contributed by atoms with Gasteiger partial charge in [0.2, 0.25) is 5.91 Å². The molecule has 46 heavy (non-hydrogen) atoms. The molecule has 0 radical (unpaired) electrons. The van der Waals surface area contributed by atoms with E-state index >= 15 is 0 Å². The summed E-state index contributed by atoms with van der Waals surface area (Å²) in [7, 11) is 1.53. The molecule has 3 aromatic carbocycles. The highest BCUT2D eigenvalue weighted by molar-refractivity contribution is 6.32. The minimum atomic E-state index is -0.438. The number of hydrogen-bond acceptors (Lipinski definition) is 6. The molecule has 2 atom stereocenters. The Morgan fingerprint density at radius 3 is 2.43 bits per heavy atom. The summed E-state index contributed by atoms with van der Waals surface area (Å²) in [6, 6.07) is 15.7. The van der Waals surface area contributed by atoms with Crippen molar-refractivity contribution in [3.63, 3.8) is 0 Å². The molecule has 0 spiro atoms. The van der Waals surface area contributed by atoms with E-state index in [1.807, 2.05) is 24.3 Å². The van der Waals surface area contributed by atoms with Crippen LogP contribution in [-0.2, 0) is 16.1 Å². The molecule has 11 heteroatoms. The van der Waals surface area contributed by atoms with Crippen LogP contribution >= 0.6 is 11.6 Å². The van der Waals surface area contributed by atoms with Crippen molar-refractivity contribution in [3.05, 3.63) is 94.0 Å². The van der Waals surface area contributed by atoms with E-state index in [4.69, 9.17) is 25.8 Å². The van der Waals surface area contributed by atoms with Gasteiger partial charge in [-0.1, -0.05) is 23.7 Å². The van der Waals surface area contributed by atoms with Gasteiger partial charge in [-0.3, -0.25) is 9.59 Å². The van der Waals surface area contributed by atoms with Crippen LogP contribution in [0.4, 0.5) is 8.78 Å². The maximum Gasteiger partial charge on any atom is 0.252 e. The quantitative estimate of drug-likeness (QED) is 0.271. The average Bonchev–Trinajstić information content (AvgIpc) is 3.89. The Morgan fingerprint density at radius 2 is 1.72 bits per heavy atom. The molecular formula is C35H36ClF2N3O5. The molecule has 242 valence electrons. The zero-order valence-corrected chi connectivity index (χ0v) is 26.5. The normalized spacial score (nSPS) is 19.1. The number of piperazine rings is 1. The van der Waals surface area contributed by atoms with Gasteiger partial charge in [0, 0.05) is 55.8 Å². The molecule has 1 N–H and O–H groups in total. The van der Waals surface area contributed by atoms with Crippen molar-refractivity contribution in [2.24, 2.45) is 0 Å². The lowest BCUT2D eigenvalue weighted by molar-refractivity contribution is -0.132. The molecule has 3 aliphatic rings. The monoisotopic (exact) mass is 651 g/mol. The number of nitrogens with one attached hydrogen (secondary N) is 1. The molecule has 3 aromatic rings. The molecule has 2 fully saturated rings. The van der Waals surface area contributed by atoms with Crippen molar-refractivity contribution < 1.29 is 32.6 Å². The maximum absolute atomic E-state index is 14.9. The number of rotatable bonds is 11. The number of methoxy groups -OCH3 is 1. The molecule has 0 aromatic heterocycles. The van der Waals surface area contributed by atoms with Crippen LogP contribution in [0.2, 0.25) is 5.02 Å². The van der Waals surface area contributed by atoms with Crippen LogP contribution in [0.3, 0.4) is 0 Å². The molecule has 2 unspecified atom stereocenters. The van der Waals surface area contributed by atoms with Crippen LogP contribution in [0.1, 0.15) is 37.3 Å². The Balaban J connectivity index is 1.24. The third kappa shape index (κ3) is 7.13. The minimum absolute atomic E-state index is 0.0114. The van der Waals surface area contributed by atoms with Gasteiger partial charge < -0.3 is 29.3 Å². The number of halogens is 3.